The second-order valence-corrected chi connectivity index (χ2v) is 7.32. The second kappa shape index (κ2) is 7.37. The van der Waals surface area contributed by atoms with E-state index in [4.69, 9.17) is 0 Å². The highest BCUT2D eigenvalue weighted by Gasteiger charge is 2.15. The van der Waals surface area contributed by atoms with E-state index < -0.39 is 6.43 Å². The van der Waals surface area contributed by atoms with Crippen LogP contribution in [0.1, 0.15) is 30.2 Å². The molecule has 30 heavy (non-hydrogen) atoms. The van der Waals surface area contributed by atoms with Crippen molar-refractivity contribution in [2.45, 2.75) is 26.3 Å². The Bertz CT molecular complexity index is 1340. The highest BCUT2D eigenvalue weighted by atomic mass is 19.3. The Kier molecular flexibility index (Phi) is 4.54. The number of hydrogen-bond donors (Lipinski definition) is 0. The number of rotatable bonds is 5. The zero-order chi connectivity index (χ0) is 20.7. The van der Waals surface area contributed by atoms with Crippen molar-refractivity contribution in [3.63, 3.8) is 0 Å². The number of alkyl halides is 2. The van der Waals surface area contributed by atoms with Crippen molar-refractivity contribution in [2.75, 3.05) is 0 Å². The van der Waals surface area contributed by atoms with Crippen LogP contribution in [-0.4, -0.2) is 19.6 Å². The molecule has 0 atom stereocenters. The number of aryl methyl sites for hydroxylation is 1. The minimum absolute atomic E-state index is 0.0357. The molecule has 0 saturated carbocycles. The molecular weight excluding hydrogens is 382 g/mol. The number of benzene rings is 3. The van der Waals surface area contributed by atoms with Crippen molar-refractivity contribution in [2.24, 2.45) is 0 Å². The van der Waals surface area contributed by atoms with Gasteiger partial charge in [0.1, 0.15) is 0 Å². The molecule has 2 aromatic heterocycles. The van der Waals surface area contributed by atoms with Gasteiger partial charge in [-0.2, -0.15) is 0 Å². The van der Waals surface area contributed by atoms with Gasteiger partial charge in [0.05, 0.1) is 17.6 Å². The predicted octanol–water partition coefficient (Wildman–Crippen LogP) is 5.92. The van der Waals surface area contributed by atoms with Gasteiger partial charge in [0.15, 0.2) is 0 Å². The summed E-state index contributed by atoms with van der Waals surface area (Å²) in [6.45, 7) is 2.82. The zero-order valence-electron chi connectivity index (χ0n) is 16.5. The molecule has 0 bridgehead atoms. The van der Waals surface area contributed by atoms with E-state index in [-0.39, 0.29) is 5.56 Å². The quantitative estimate of drug-likeness (QED) is 0.366. The first-order valence-electron chi connectivity index (χ1n) is 9.93. The van der Waals surface area contributed by atoms with Gasteiger partial charge in [-0.15, -0.1) is 5.10 Å². The molecule has 0 aliphatic carbocycles. The van der Waals surface area contributed by atoms with Gasteiger partial charge in [-0.05, 0) is 42.8 Å². The molecule has 0 amide bonds. The lowest BCUT2D eigenvalue weighted by molar-refractivity contribution is 0.151. The van der Waals surface area contributed by atoms with Gasteiger partial charge >= 0.3 is 0 Å². The van der Waals surface area contributed by atoms with Gasteiger partial charge in [0, 0.05) is 40.3 Å². The lowest BCUT2D eigenvalue weighted by Crippen LogP contribution is -2.03. The molecule has 2 heterocycles. The van der Waals surface area contributed by atoms with E-state index in [0.29, 0.717) is 6.42 Å². The van der Waals surface area contributed by atoms with Gasteiger partial charge < -0.3 is 4.57 Å². The molecule has 4 nitrogen and oxygen atoms in total. The Morgan fingerprint density at radius 3 is 2.37 bits per heavy atom. The van der Waals surface area contributed by atoms with E-state index in [1.165, 1.54) is 11.6 Å². The van der Waals surface area contributed by atoms with Gasteiger partial charge in [-0.25, -0.2) is 13.5 Å². The van der Waals surface area contributed by atoms with Crippen LogP contribution in [0.3, 0.4) is 0 Å². The summed E-state index contributed by atoms with van der Waals surface area (Å²) in [6.07, 6.45) is -0.0232. The van der Waals surface area contributed by atoms with Crippen LogP contribution >= 0.6 is 0 Å². The third kappa shape index (κ3) is 3.05. The number of hydrogen-bond acceptors (Lipinski definition) is 2. The number of halogens is 2. The smallest absolute Gasteiger partial charge is 0.263 e. The standard InChI is InChI=1S/C24H20F2N4/c1-2-29-22-10-8-17(24(25)26)13-20(22)21-14-18(9-11-23(21)29)30-19(15-27-28-30)12-16-6-4-3-5-7-16/h3-11,13-15,24H,2,12H2,1H3. The number of fused-ring (bicyclic) bond motifs is 3. The highest BCUT2D eigenvalue weighted by molar-refractivity contribution is 6.09. The minimum Gasteiger partial charge on any atom is -0.341 e. The van der Waals surface area contributed by atoms with E-state index >= 15 is 0 Å². The SMILES string of the molecule is CCn1c2ccc(C(F)F)cc2c2cc(-n3nncc3Cc3ccccc3)ccc21. The van der Waals surface area contributed by atoms with Crippen LogP contribution in [0.15, 0.2) is 72.9 Å². The summed E-state index contributed by atoms with van der Waals surface area (Å²) in [5.74, 6) is 0. The molecule has 5 rings (SSSR count). The summed E-state index contributed by atoms with van der Waals surface area (Å²) in [4.78, 5) is 0. The van der Waals surface area contributed by atoms with Crippen LogP contribution in [0.5, 0.6) is 0 Å². The molecule has 6 heteroatoms. The first-order chi connectivity index (χ1) is 14.7. The fourth-order valence-electron chi connectivity index (χ4n) is 4.12. The Morgan fingerprint density at radius 2 is 1.63 bits per heavy atom. The third-order valence-electron chi connectivity index (χ3n) is 5.53. The lowest BCUT2D eigenvalue weighted by atomic mass is 10.1. The van der Waals surface area contributed by atoms with E-state index in [1.807, 2.05) is 41.1 Å². The van der Waals surface area contributed by atoms with Gasteiger partial charge in [-0.1, -0.05) is 41.6 Å². The Hall–Kier alpha value is -3.54. The van der Waals surface area contributed by atoms with Crippen LogP contribution in [-0.2, 0) is 13.0 Å². The largest absolute Gasteiger partial charge is 0.341 e. The summed E-state index contributed by atoms with van der Waals surface area (Å²) in [7, 11) is 0. The van der Waals surface area contributed by atoms with Crippen LogP contribution < -0.4 is 0 Å². The van der Waals surface area contributed by atoms with Gasteiger partial charge in [0.2, 0.25) is 0 Å². The van der Waals surface area contributed by atoms with Crippen molar-refractivity contribution >= 4 is 21.8 Å². The zero-order valence-corrected chi connectivity index (χ0v) is 16.5. The van der Waals surface area contributed by atoms with E-state index in [0.717, 1.165) is 39.7 Å². The van der Waals surface area contributed by atoms with Crippen molar-refractivity contribution in [1.29, 1.82) is 0 Å². The van der Waals surface area contributed by atoms with Crippen molar-refractivity contribution in [1.82, 2.24) is 19.6 Å². The van der Waals surface area contributed by atoms with E-state index in [1.54, 1.807) is 18.3 Å². The maximum absolute atomic E-state index is 13.3. The molecule has 0 aliphatic heterocycles. The summed E-state index contributed by atoms with van der Waals surface area (Å²) >= 11 is 0. The predicted molar refractivity (Wildman–Crippen MR) is 114 cm³/mol. The lowest BCUT2D eigenvalue weighted by Gasteiger charge is -2.08. The molecule has 0 spiro atoms. The summed E-state index contributed by atoms with van der Waals surface area (Å²) in [5.41, 5.74) is 5.01. The summed E-state index contributed by atoms with van der Waals surface area (Å²) in [6, 6.07) is 21.1. The molecule has 0 aliphatic rings. The summed E-state index contributed by atoms with van der Waals surface area (Å²) < 4.78 is 30.6. The van der Waals surface area contributed by atoms with Crippen LogP contribution in [0.4, 0.5) is 8.78 Å². The maximum atomic E-state index is 13.3. The molecule has 150 valence electrons. The monoisotopic (exact) mass is 402 g/mol. The molecule has 0 fully saturated rings. The number of nitrogens with zero attached hydrogens (tertiary/aromatic N) is 4. The fraction of sp³-hybridized carbons (Fsp3) is 0.167. The maximum Gasteiger partial charge on any atom is 0.263 e. The first kappa shape index (κ1) is 18.5. The average Bonchev–Trinajstić information content (AvgIpc) is 3.35. The molecule has 0 saturated heterocycles. The molecular formula is C24H20F2N4. The highest BCUT2D eigenvalue weighted by Crippen LogP contribution is 2.33. The molecule has 0 N–H and O–H groups in total. The summed E-state index contributed by atoms with van der Waals surface area (Å²) in [5, 5.41) is 10.2. The average molecular weight is 402 g/mol. The first-order valence-corrected chi connectivity index (χ1v) is 9.93. The number of aromatic nitrogens is 4. The van der Waals surface area contributed by atoms with Crippen LogP contribution in [0.25, 0.3) is 27.5 Å². The van der Waals surface area contributed by atoms with Crippen molar-refractivity contribution in [3.8, 4) is 5.69 Å². The molecule has 3 aromatic carbocycles. The Labute approximate surface area is 172 Å². The van der Waals surface area contributed by atoms with Crippen LogP contribution in [0.2, 0.25) is 0 Å². The normalized spacial score (nSPS) is 11.7. The Morgan fingerprint density at radius 1 is 0.900 bits per heavy atom. The fourth-order valence-corrected chi connectivity index (χ4v) is 4.12. The Balaban J connectivity index is 1.66. The molecule has 5 aromatic rings. The second-order valence-electron chi connectivity index (χ2n) is 7.32. The van der Waals surface area contributed by atoms with E-state index in [9.17, 15) is 8.78 Å². The van der Waals surface area contributed by atoms with Gasteiger partial charge in [0.25, 0.3) is 6.43 Å². The van der Waals surface area contributed by atoms with Crippen molar-refractivity contribution < 1.29 is 8.78 Å². The third-order valence-corrected chi connectivity index (χ3v) is 5.53. The van der Waals surface area contributed by atoms with Crippen LogP contribution in [0, 0.1) is 0 Å². The van der Waals surface area contributed by atoms with Crippen molar-refractivity contribution in [3.05, 3.63) is 89.7 Å². The molecule has 0 radical (unpaired) electrons. The van der Waals surface area contributed by atoms with E-state index in [2.05, 4.69) is 33.9 Å². The minimum atomic E-state index is -2.50. The molecule has 0 unspecified atom stereocenters. The van der Waals surface area contributed by atoms with Gasteiger partial charge in [-0.3, -0.25) is 0 Å². The topological polar surface area (TPSA) is 35.6 Å².